The molecule has 0 saturated heterocycles. The number of hydrogen-bond donors (Lipinski definition) is 2. The Kier molecular flexibility index (Phi) is 11.4. The molecule has 1 aromatic heterocycles. The van der Waals surface area contributed by atoms with Gasteiger partial charge in [0.05, 0.1) is 0 Å². The van der Waals surface area contributed by atoms with Crippen LogP contribution in [0, 0.1) is 0 Å². The lowest BCUT2D eigenvalue weighted by Crippen LogP contribution is -2.38. The zero-order valence-corrected chi connectivity index (χ0v) is 13.9. The average Bonchev–Trinajstić information content (AvgIpc) is 2.76. The molecule has 1 aromatic rings. The summed E-state index contributed by atoms with van der Waals surface area (Å²) < 4.78 is 1.63. The smallest absolute Gasteiger partial charge is 0.241 e. The number of hydrogen-bond acceptors (Lipinski definition) is 3. The molecule has 1 amide bonds. The van der Waals surface area contributed by atoms with Crippen LogP contribution in [0.15, 0.2) is 18.5 Å². The molecule has 0 unspecified atom stereocenters. The van der Waals surface area contributed by atoms with Crippen LogP contribution in [0.5, 0.6) is 0 Å². The van der Waals surface area contributed by atoms with Crippen LogP contribution in [0.2, 0.25) is 0 Å². The van der Waals surface area contributed by atoms with Crippen LogP contribution in [-0.4, -0.2) is 34.8 Å². The van der Waals surface area contributed by atoms with E-state index in [1.165, 1.54) is 38.5 Å². The van der Waals surface area contributed by atoms with Crippen LogP contribution >= 0.6 is 24.8 Å². The highest BCUT2D eigenvalue weighted by Crippen LogP contribution is 2.16. The highest BCUT2D eigenvalue weighted by molar-refractivity contribution is 5.85. The van der Waals surface area contributed by atoms with Crippen molar-refractivity contribution < 1.29 is 4.79 Å². The van der Waals surface area contributed by atoms with Crippen molar-refractivity contribution in [3.05, 3.63) is 18.5 Å². The summed E-state index contributed by atoms with van der Waals surface area (Å²) in [6.45, 7) is 1.85. The zero-order chi connectivity index (χ0) is 13.3. The van der Waals surface area contributed by atoms with E-state index in [9.17, 15) is 4.79 Å². The normalized spacial score (nSPS) is 15.4. The van der Waals surface area contributed by atoms with E-state index in [0.717, 1.165) is 6.54 Å². The van der Waals surface area contributed by atoms with Crippen molar-refractivity contribution in [1.82, 2.24) is 20.4 Å². The van der Waals surface area contributed by atoms with Crippen LogP contribution in [0.4, 0.5) is 0 Å². The Morgan fingerprint density at radius 2 is 1.86 bits per heavy atom. The molecule has 0 aromatic carbocycles. The van der Waals surface area contributed by atoms with Gasteiger partial charge >= 0.3 is 0 Å². The summed E-state index contributed by atoms with van der Waals surface area (Å²) in [5.74, 6) is 0.0198. The maximum atomic E-state index is 11.6. The van der Waals surface area contributed by atoms with Crippen molar-refractivity contribution in [1.29, 1.82) is 0 Å². The number of aromatic nitrogens is 2. The summed E-state index contributed by atoms with van der Waals surface area (Å²) in [4.78, 5) is 11.6. The van der Waals surface area contributed by atoms with E-state index in [-0.39, 0.29) is 30.7 Å². The fourth-order valence-corrected chi connectivity index (χ4v) is 2.56. The Hall–Kier alpha value is -0.780. The molecule has 1 fully saturated rings. The first-order chi connectivity index (χ1) is 9.34. The van der Waals surface area contributed by atoms with E-state index in [2.05, 4.69) is 15.7 Å². The van der Waals surface area contributed by atoms with Gasteiger partial charge < -0.3 is 10.6 Å². The van der Waals surface area contributed by atoms with Gasteiger partial charge in [0.15, 0.2) is 0 Å². The van der Waals surface area contributed by atoms with Gasteiger partial charge in [-0.05, 0) is 18.9 Å². The second-order valence-corrected chi connectivity index (χ2v) is 5.20. The minimum absolute atomic E-state index is 0. The largest absolute Gasteiger partial charge is 0.353 e. The van der Waals surface area contributed by atoms with Gasteiger partial charge in [0.25, 0.3) is 0 Å². The molecular formula is C14H26Cl2N4O. The van der Waals surface area contributed by atoms with E-state index in [4.69, 9.17) is 0 Å². The van der Waals surface area contributed by atoms with Crippen LogP contribution in [-0.2, 0) is 11.3 Å². The van der Waals surface area contributed by atoms with E-state index in [1.54, 1.807) is 17.1 Å². The Balaban J connectivity index is 0.00000200. The topological polar surface area (TPSA) is 59.0 Å². The number of nitrogens with one attached hydrogen (secondary N) is 2. The third-order valence-corrected chi connectivity index (χ3v) is 3.60. The number of rotatable bonds is 6. The average molecular weight is 337 g/mol. The fourth-order valence-electron chi connectivity index (χ4n) is 2.56. The molecule has 1 heterocycles. The van der Waals surface area contributed by atoms with Crippen LogP contribution in [0.25, 0.3) is 0 Å². The molecule has 2 rings (SSSR count). The second-order valence-electron chi connectivity index (χ2n) is 5.20. The van der Waals surface area contributed by atoms with Gasteiger partial charge in [-0.3, -0.25) is 9.48 Å². The minimum atomic E-state index is 0. The first-order valence-electron chi connectivity index (χ1n) is 7.32. The number of halogens is 2. The molecule has 1 saturated carbocycles. The van der Waals surface area contributed by atoms with Crippen molar-refractivity contribution in [3.8, 4) is 0 Å². The molecule has 1 aliphatic carbocycles. The van der Waals surface area contributed by atoms with Crippen LogP contribution in [0.1, 0.15) is 38.5 Å². The standard InChI is InChI=1S/C14H24N4O.2ClH/c19-14(12-18-11-5-8-17-18)16-10-9-15-13-6-3-1-2-4-7-13;;/h5,8,11,13,15H,1-4,6-7,9-10,12H2,(H,16,19);2*1H. The zero-order valence-electron chi connectivity index (χ0n) is 12.3. The van der Waals surface area contributed by atoms with E-state index in [1.807, 2.05) is 6.07 Å². The molecule has 21 heavy (non-hydrogen) atoms. The molecule has 5 nitrogen and oxygen atoms in total. The quantitative estimate of drug-likeness (QED) is 0.618. The van der Waals surface area contributed by atoms with E-state index < -0.39 is 0 Å². The Bertz CT molecular complexity index is 365. The summed E-state index contributed by atoms with van der Waals surface area (Å²) in [5, 5.41) is 10.5. The number of carbonyl (C=O) groups excluding carboxylic acids is 1. The predicted octanol–water partition coefficient (Wildman–Crippen LogP) is 2.16. The van der Waals surface area contributed by atoms with Gasteiger partial charge in [0.1, 0.15) is 6.54 Å². The monoisotopic (exact) mass is 336 g/mol. The highest BCUT2D eigenvalue weighted by Gasteiger charge is 2.11. The first kappa shape index (κ1) is 20.2. The molecule has 2 N–H and O–H groups in total. The van der Waals surface area contributed by atoms with Crippen molar-refractivity contribution in [2.45, 2.75) is 51.1 Å². The van der Waals surface area contributed by atoms with Crippen molar-refractivity contribution in [3.63, 3.8) is 0 Å². The van der Waals surface area contributed by atoms with Gasteiger partial charge in [-0.2, -0.15) is 5.10 Å². The van der Waals surface area contributed by atoms with Gasteiger partial charge in [-0.25, -0.2) is 0 Å². The fraction of sp³-hybridized carbons (Fsp3) is 0.714. The lowest BCUT2D eigenvalue weighted by molar-refractivity contribution is -0.121. The summed E-state index contributed by atoms with van der Waals surface area (Å²) >= 11 is 0. The summed E-state index contributed by atoms with van der Waals surface area (Å²) in [6.07, 6.45) is 11.5. The van der Waals surface area contributed by atoms with Crippen LogP contribution in [0.3, 0.4) is 0 Å². The second kappa shape index (κ2) is 11.8. The highest BCUT2D eigenvalue weighted by atomic mass is 35.5. The first-order valence-corrected chi connectivity index (χ1v) is 7.32. The Labute approximate surface area is 139 Å². The van der Waals surface area contributed by atoms with E-state index in [0.29, 0.717) is 19.1 Å². The Morgan fingerprint density at radius 3 is 2.48 bits per heavy atom. The van der Waals surface area contributed by atoms with Crippen LogP contribution < -0.4 is 10.6 Å². The Morgan fingerprint density at radius 1 is 1.14 bits per heavy atom. The summed E-state index contributed by atoms with van der Waals surface area (Å²) in [6, 6.07) is 2.46. The molecule has 7 heteroatoms. The molecule has 0 atom stereocenters. The van der Waals surface area contributed by atoms with Gasteiger partial charge in [-0.15, -0.1) is 24.8 Å². The summed E-state index contributed by atoms with van der Waals surface area (Å²) in [5.41, 5.74) is 0. The molecule has 0 radical (unpaired) electrons. The van der Waals surface area contributed by atoms with Crippen molar-refractivity contribution in [2.75, 3.05) is 13.1 Å². The molecule has 122 valence electrons. The lowest BCUT2D eigenvalue weighted by atomic mass is 10.1. The van der Waals surface area contributed by atoms with Crippen molar-refractivity contribution in [2.24, 2.45) is 0 Å². The maximum Gasteiger partial charge on any atom is 0.241 e. The molecule has 0 aliphatic heterocycles. The number of carbonyl (C=O) groups is 1. The number of amides is 1. The third kappa shape index (κ3) is 8.29. The van der Waals surface area contributed by atoms with Gasteiger partial charge in [0.2, 0.25) is 5.91 Å². The maximum absolute atomic E-state index is 11.6. The summed E-state index contributed by atoms with van der Waals surface area (Å²) in [7, 11) is 0. The van der Waals surface area contributed by atoms with Crippen molar-refractivity contribution >= 4 is 30.7 Å². The predicted molar refractivity (Wildman–Crippen MR) is 89.2 cm³/mol. The molecule has 1 aliphatic rings. The molecular weight excluding hydrogens is 311 g/mol. The lowest BCUT2D eigenvalue weighted by Gasteiger charge is -2.16. The van der Waals surface area contributed by atoms with E-state index >= 15 is 0 Å². The number of nitrogens with zero attached hydrogens (tertiary/aromatic N) is 2. The minimum Gasteiger partial charge on any atom is -0.353 e. The molecule has 0 bridgehead atoms. The third-order valence-electron chi connectivity index (χ3n) is 3.60. The van der Waals surface area contributed by atoms with Gasteiger partial charge in [0, 0.05) is 31.5 Å². The SMILES string of the molecule is Cl.Cl.O=C(Cn1cccn1)NCCNC1CCCCCC1. The molecule has 0 spiro atoms. The van der Waals surface area contributed by atoms with Gasteiger partial charge in [-0.1, -0.05) is 25.7 Å².